The van der Waals surface area contributed by atoms with Crippen LogP contribution in [0.4, 0.5) is 0 Å². The normalized spacial score (nSPS) is 11.6. The van der Waals surface area contributed by atoms with E-state index in [0.29, 0.717) is 0 Å². The fourth-order valence-electron chi connectivity index (χ4n) is 0.535. The Kier molecular flexibility index (Phi) is 15.3. The second kappa shape index (κ2) is 14.2. The molecule has 0 radical (unpaired) electrons. The minimum atomic E-state index is -0.891. The molecular formula is C11H18O3. The van der Waals surface area contributed by atoms with Gasteiger partial charge in [-0.15, -0.1) is 0 Å². The highest BCUT2D eigenvalue weighted by Crippen LogP contribution is 1.93. The van der Waals surface area contributed by atoms with Gasteiger partial charge in [-0.3, -0.25) is 0 Å². The molecule has 14 heavy (non-hydrogen) atoms. The van der Waals surface area contributed by atoms with Crippen LogP contribution in [0.15, 0.2) is 36.5 Å². The molecule has 80 valence electrons. The molecule has 0 aromatic heterocycles. The van der Waals surface area contributed by atoms with Crippen LogP contribution in [0.3, 0.4) is 0 Å². The number of allylic oxidation sites excluding steroid dienone is 5. The van der Waals surface area contributed by atoms with Gasteiger partial charge in [0.25, 0.3) is 0 Å². The molecule has 0 aromatic carbocycles. The highest BCUT2D eigenvalue weighted by Gasteiger charge is 1.76. The Balaban J connectivity index is 0. The first-order valence-electron chi connectivity index (χ1n) is 4.26. The molecule has 0 spiro atoms. The van der Waals surface area contributed by atoms with E-state index in [1.54, 1.807) is 21.1 Å². The predicted octanol–water partition coefficient (Wildman–Crippen LogP) is 2.41. The van der Waals surface area contributed by atoms with Gasteiger partial charge >= 0.3 is 5.97 Å². The van der Waals surface area contributed by atoms with Gasteiger partial charge in [-0.1, -0.05) is 30.4 Å². The molecule has 3 heteroatoms. The van der Waals surface area contributed by atoms with Crippen molar-refractivity contribution in [2.45, 2.75) is 13.3 Å². The summed E-state index contributed by atoms with van der Waals surface area (Å²) in [7, 11) is 3.25. The second-order valence-corrected chi connectivity index (χ2v) is 2.34. The molecule has 1 N–H and O–H groups in total. The van der Waals surface area contributed by atoms with Crippen molar-refractivity contribution in [1.82, 2.24) is 0 Å². The van der Waals surface area contributed by atoms with Crippen molar-refractivity contribution >= 4 is 5.97 Å². The zero-order valence-electron chi connectivity index (χ0n) is 8.93. The molecule has 0 amide bonds. The minimum absolute atomic E-state index is 0.891. The van der Waals surface area contributed by atoms with E-state index >= 15 is 0 Å². The van der Waals surface area contributed by atoms with Gasteiger partial charge in [0.1, 0.15) is 0 Å². The van der Waals surface area contributed by atoms with Gasteiger partial charge < -0.3 is 9.84 Å². The number of hydrogen-bond donors (Lipinski definition) is 1. The Morgan fingerprint density at radius 2 is 1.79 bits per heavy atom. The van der Waals surface area contributed by atoms with Crippen molar-refractivity contribution in [3.8, 4) is 0 Å². The molecule has 1 aliphatic carbocycles. The van der Waals surface area contributed by atoms with Gasteiger partial charge in [0, 0.05) is 20.3 Å². The van der Waals surface area contributed by atoms with Crippen molar-refractivity contribution in [3.05, 3.63) is 36.5 Å². The first kappa shape index (κ1) is 15.1. The molecule has 3 nitrogen and oxygen atoms in total. The number of carboxylic acid groups (broad SMARTS) is 1. The molecule has 0 atom stereocenters. The molecule has 0 aromatic rings. The lowest BCUT2D eigenvalue weighted by Gasteiger charge is -1.68. The van der Waals surface area contributed by atoms with E-state index in [0.717, 1.165) is 12.5 Å². The SMILES string of the molecule is C/C=C/C(=O)O.C1=CCC=C1.COC. The molecule has 0 heterocycles. The number of carbonyl (C=O) groups is 1. The summed E-state index contributed by atoms with van der Waals surface area (Å²) in [6.45, 7) is 1.66. The summed E-state index contributed by atoms with van der Waals surface area (Å²) in [4.78, 5) is 9.51. The van der Waals surface area contributed by atoms with Gasteiger partial charge in [-0.2, -0.15) is 0 Å². The number of carboxylic acids is 1. The van der Waals surface area contributed by atoms with E-state index in [4.69, 9.17) is 5.11 Å². The van der Waals surface area contributed by atoms with Crippen LogP contribution < -0.4 is 0 Å². The fourth-order valence-corrected chi connectivity index (χ4v) is 0.535. The molecule has 0 bridgehead atoms. The lowest BCUT2D eigenvalue weighted by atomic mass is 10.5. The molecule has 0 fully saturated rings. The van der Waals surface area contributed by atoms with E-state index < -0.39 is 5.97 Å². The largest absolute Gasteiger partial charge is 0.478 e. The smallest absolute Gasteiger partial charge is 0.327 e. The number of methoxy groups -OCH3 is 1. The van der Waals surface area contributed by atoms with Crippen molar-refractivity contribution in [2.75, 3.05) is 14.2 Å². The van der Waals surface area contributed by atoms with Crippen LogP contribution in [0.5, 0.6) is 0 Å². The summed E-state index contributed by atoms with van der Waals surface area (Å²) >= 11 is 0. The lowest BCUT2D eigenvalue weighted by Crippen LogP contribution is -1.83. The lowest BCUT2D eigenvalue weighted by molar-refractivity contribution is -0.131. The maximum absolute atomic E-state index is 9.51. The maximum atomic E-state index is 9.51. The van der Waals surface area contributed by atoms with Crippen molar-refractivity contribution in [1.29, 1.82) is 0 Å². The summed E-state index contributed by atoms with van der Waals surface area (Å²) in [6.07, 6.45) is 12.1. The highest BCUT2D eigenvalue weighted by atomic mass is 16.4. The van der Waals surface area contributed by atoms with Crippen LogP contribution in [0.1, 0.15) is 13.3 Å². The molecule has 0 aliphatic heterocycles. The third-order valence-electron chi connectivity index (χ3n) is 0.965. The topological polar surface area (TPSA) is 46.5 Å². The summed E-state index contributed by atoms with van der Waals surface area (Å²) in [5, 5.41) is 7.83. The average Bonchev–Trinajstić information content (AvgIpc) is 2.61. The molecular weight excluding hydrogens is 180 g/mol. The second-order valence-electron chi connectivity index (χ2n) is 2.34. The first-order valence-corrected chi connectivity index (χ1v) is 4.26. The first-order chi connectivity index (χ1) is 6.68. The van der Waals surface area contributed by atoms with E-state index in [9.17, 15) is 4.79 Å². The Hall–Kier alpha value is -1.35. The summed E-state index contributed by atoms with van der Waals surface area (Å²) < 4.78 is 4.25. The van der Waals surface area contributed by atoms with Crippen LogP contribution in [-0.2, 0) is 9.53 Å². The number of ether oxygens (including phenoxy) is 1. The van der Waals surface area contributed by atoms with Crippen LogP contribution >= 0.6 is 0 Å². The Bertz CT molecular complexity index is 193. The number of hydrogen-bond acceptors (Lipinski definition) is 2. The van der Waals surface area contributed by atoms with E-state index in [2.05, 4.69) is 29.0 Å². The zero-order valence-corrected chi connectivity index (χ0v) is 8.93. The molecule has 1 rings (SSSR count). The summed E-state index contributed by atoms with van der Waals surface area (Å²) in [6, 6.07) is 0. The Morgan fingerprint density at radius 3 is 1.86 bits per heavy atom. The Morgan fingerprint density at radius 1 is 1.36 bits per heavy atom. The van der Waals surface area contributed by atoms with Gasteiger partial charge in [0.05, 0.1) is 0 Å². The summed E-state index contributed by atoms with van der Waals surface area (Å²) in [5.41, 5.74) is 0. The van der Waals surface area contributed by atoms with Crippen LogP contribution in [0.2, 0.25) is 0 Å². The van der Waals surface area contributed by atoms with Crippen molar-refractivity contribution in [2.24, 2.45) is 0 Å². The van der Waals surface area contributed by atoms with Gasteiger partial charge in [0.2, 0.25) is 0 Å². The average molecular weight is 198 g/mol. The maximum Gasteiger partial charge on any atom is 0.327 e. The third kappa shape index (κ3) is 22.4. The van der Waals surface area contributed by atoms with E-state index in [1.165, 1.54) is 6.08 Å². The minimum Gasteiger partial charge on any atom is -0.478 e. The monoisotopic (exact) mass is 198 g/mol. The zero-order chi connectivity index (χ0) is 11.2. The summed E-state index contributed by atoms with van der Waals surface area (Å²) in [5.74, 6) is -0.891. The third-order valence-corrected chi connectivity index (χ3v) is 0.965. The van der Waals surface area contributed by atoms with Crippen molar-refractivity contribution < 1.29 is 14.6 Å². The van der Waals surface area contributed by atoms with E-state index in [-0.39, 0.29) is 0 Å². The molecule has 0 unspecified atom stereocenters. The van der Waals surface area contributed by atoms with Gasteiger partial charge in [0.15, 0.2) is 0 Å². The molecule has 1 aliphatic rings. The number of rotatable bonds is 1. The van der Waals surface area contributed by atoms with Gasteiger partial charge in [-0.05, 0) is 13.3 Å². The van der Waals surface area contributed by atoms with Crippen LogP contribution in [0.25, 0.3) is 0 Å². The molecule has 0 saturated heterocycles. The van der Waals surface area contributed by atoms with Crippen LogP contribution in [0, 0.1) is 0 Å². The fraction of sp³-hybridized carbons (Fsp3) is 0.364. The number of aliphatic carboxylic acids is 1. The van der Waals surface area contributed by atoms with Crippen molar-refractivity contribution in [3.63, 3.8) is 0 Å². The van der Waals surface area contributed by atoms with E-state index in [1.807, 2.05) is 0 Å². The van der Waals surface area contributed by atoms with Gasteiger partial charge in [-0.25, -0.2) is 4.79 Å². The quantitative estimate of drug-likeness (QED) is 0.658. The highest BCUT2D eigenvalue weighted by molar-refractivity contribution is 5.79. The molecule has 0 saturated carbocycles. The van der Waals surface area contributed by atoms with Crippen LogP contribution in [-0.4, -0.2) is 25.3 Å². The standard InChI is InChI=1S/C5H6.C4H6O2.C2H6O/c1-2-4-5-3-1;1-2-3-4(5)6;1-3-2/h1-4H,5H2;2-3H,1H3,(H,5,6);1-2H3/b;3-2+;. The predicted molar refractivity (Wildman–Crippen MR) is 58.3 cm³/mol. The Labute approximate surface area is 85.4 Å².